The van der Waals surface area contributed by atoms with Gasteiger partial charge >= 0.3 is 0 Å². The Balaban J connectivity index is 0. The SMILES string of the molecule is CCCOS(=O)(=O)CCC.CCCOS(C)(=O)=O. The molecule has 0 aromatic heterocycles. The van der Waals surface area contributed by atoms with Gasteiger partial charge in [0, 0.05) is 0 Å². The van der Waals surface area contributed by atoms with E-state index in [9.17, 15) is 16.8 Å². The summed E-state index contributed by atoms with van der Waals surface area (Å²) in [6.07, 6.45) is 3.13. The molecule has 0 heterocycles. The Morgan fingerprint density at radius 3 is 1.50 bits per heavy atom. The van der Waals surface area contributed by atoms with Gasteiger partial charge in [-0.1, -0.05) is 20.8 Å². The van der Waals surface area contributed by atoms with E-state index in [2.05, 4.69) is 8.37 Å². The molecule has 0 saturated heterocycles. The van der Waals surface area contributed by atoms with Crippen molar-refractivity contribution in [1.29, 1.82) is 0 Å². The van der Waals surface area contributed by atoms with Crippen molar-refractivity contribution in [3.8, 4) is 0 Å². The smallest absolute Gasteiger partial charge is 0.267 e. The van der Waals surface area contributed by atoms with Gasteiger partial charge in [0.15, 0.2) is 0 Å². The molecule has 6 nitrogen and oxygen atoms in total. The van der Waals surface area contributed by atoms with Gasteiger partial charge in [-0.05, 0) is 19.3 Å². The molecule has 112 valence electrons. The largest absolute Gasteiger partial charge is 0.270 e. The highest BCUT2D eigenvalue weighted by atomic mass is 32.2. The fraction of sp³-hybridized carbons (Fsp3) is 1.00. The van der Waals surface area contributed by atoms with E-state index in [-0.39, 0.29) is 5.75 Å². The summed E-state index contributed by atoms with van der Waals surface area (Å²) in [6.45, 7) is 6.14. The number of rotatable bonds is 8. The minimum atomic E-state index is -3.19. The molecule has 8 heteroatoms. The van der Waals surface area contributed by atoms with Gasteiger partial charge in [0.1, 0.15) is 0 Å². The first-order valence-electron chi connectivity index (χ1n) is 5.90. The van der Waals surface area contributed by atoms with Crippen molar-refractivity contribution >= 4 is 20.2 Å². The van der Waals surface area contributed by atoms with Crippen molar-refractivity contribution in [3.63, 3.8) is 0 Å². The van der Waals surface area contributed by atoms with Gasteiger partial charge in [0.05, 0.1) is 25.2 Å². The Hall–Kier alpha value is -0.180. The second-order valence-electron chi connectivity index (χ2n) is 3.61. The molecule has 0 amide bonds. The molecule has 0 spiro atoms. The summed E-state index contributed by atoms with van der Waals surface area (Å²) in [5.41, 5.74) is 0. The van der Waals surface area contributed by atoms with E-state index in [0.717, 1.165) is 19.1 Å². The molecule has 0 aromatic rings. The van der Waals surface area contributed by atoms with E-state index in [4.69, 9.17) is 0 Å². The lowest BCUT2D eigenvalue weighted by molar-refractivity contribution is 0.317. The molecule has 0 bridgehead atoms. The lowest BCUT2D eigenvalue weighted by Crippen LogP contribution is -2.10. The predicted molar refractivity (Wildman–Crippen MR) is 71.4 cm³/mol. The molecule has 0 unspecified atom stereocenters. The maximum atomic E-state index is 10.8. The molecule has 0 radical (unpaired) electrons. The highest BCUT2D eigenvalue weighted by molar-refractivity contribution is 7.86. The average Bonchev–Trinajstić information content (AvgIpc) is 2.23. The molecule has 18 heavy (non-hydrogen) atoms. The molecule has 0 fully saturated rings. The van der Waals surface area contributed by atoms with Crippen LogP contribution in [-0.2, 0) is 28.6 Å². The summed E-state index contributed by atoms with van der Waals surface area (Å²) < 4.78 is 50.8. The first kappa shape index (κ1) is 20.1. The van der Waals surface area contributed by atoms with Gasteiger partial charge in [0.2, 0.25) is 0 Å². The fourth-order valence-corrected chi connectivity index (χ4v) is 2.26. The van der Waals surface area contributed by atoms with E-state index in [1.54, 1.807) is 0 Å². The highest BCUT2D eigenvalue weighted by Crippen LogP contribution is 1.96. The number of hydrogen-bond donors (Lipinski definition) is 0. The van der Waals surface area contributed by atoms with E-state index >= 15 is 0 Å². The van der Waals surface area contributed by atoms with Crippen LogP contribution in [0.5, 0.6) is 0 Å². The van der Waals surface area contributed by atoms with Crippen LogP contribution in [0.25, 0.3) is 0 Å². The monoisotopic (exact) mass is 304 g/mol. The third-order valence-corrected chi connectivity index (χ3v) is 3.45. The van der Waals surface area contributed by atoms with E-state index in [1.165, 1.54) is 0 Å². The molecular weight excluding hydrogens is 280 g/mol. The van der Waals surface area contributed by atoms with Crippen molar-refractivity contribution in [2.24, 2.45) is 0 Å². The third-order valence-electron chi connectivity index (χ3n) is 1.42. The van der Waals surface area contributed by atoms with Crippen molar-refractivity contribution in [1.82, 2.24) is 0 Å². The topological polar surface area (TPSA) is 86.7 Å². The van der Waals surface area contributed by atoms with E-state index in [0.29, 0.717) is 19.6 Å². The average molecular weight is 304 g/mol. The van der Waals surface area contributed by atoms with Gasteiger partial charge in [-0.25, -0.2) is 0 Å². The molecule has 0 N–H and O–H groups in total. The van der Waals surface area contributed by atoms with Crippen LogP contribution in [0.4, 0.5) is 0 Å². The zero-order valence-corrected chi connectivity index (χ0v) is 13.1. The summed E-state index contributed by atoms with van der Waals surface area (Å²) in [5.74, 6) is 0.132. The van der Waals surface area contributed by atoms with Crippen molar-refractivity contribution < 1.29 is 25.2 Å². The maximum Gasteiger partial charge on any atom is 0.267 e. The predicted octanol–water partition coefficient (Wildman–Crippen LogP) is 1.53. The Labute approximate surface area is 111 Å². The zero-order valence-electron chi connectivity index (χ0n) is 11.5. The van der Waals surface area contributed by atoms with Crippen LogP contribution in [-0.4, -0.2) is 42.1 Å². The highest BCUT2D eigenvalue weighted by Gasteiger charge is 2.07. The maximum absolute atomic E-state index is 10.8. The second kappa shape index (κ2) is 10.7. The van der Waals surface area contributed by atoms with E-state index < -0.39 is 20.2 Å². The molecule has 0 saturated carbocycles. The fourth-order valence-electron chi connectivity index (χ4n) is 0.754. The first-order valence-corrected chi connectivity index (χ1v) is 9.29. The summed E-state index contributed by atoms with van der Waals surface area (Å²) >= 11 is 0. The summed E-state index contributed by atoms with van der Waals surface area (Å²) in [7, 11) is -6.38. The van der Waals surface area contributed by atoms with Crippen LogP contribution in [0.3, 0.4) is 0 Å². The Kier molecular flexibility index (Phi) is 12.0. The third kappa shape index (κ3) is 18.2. The molecule has 0 rings (SSSR count). The van der Waals surface area contributed by atoms with Crippen LogP contribution >= 0.6 is 0 Å². The van der Waals surface area contributed by atoms with Crippen LogP contribution < -0.4 is 0 Å². The Bertz CT molecular complexity index is 371. The number of hydrogen-bond acceptors (Lipinski definition) is 6. The van der Waals surface area contributed by atoms with Gasteiger partial charge < -0.3 is 0 Å². The lowest BCUT2D eigenvalue weighted by Gasteiger charge is -2.00. The van der Waals surface area contributed by atoms with Crippen LogP contribution in [0.1, 0.15) is 40.0 Å². The first-order chi connectivity index (χ1) is 8.18. The summed E-state index contributed by atoms with van der Waals surface area (Å²) in [4.78, 5) is 0. The van der Waals surface area contributed by atoms with Gasteiger partial charge in [-0.15, -0.1) is 0 Å². The van der Waals surface area contributed by atoms with Gasteiger partial charge in [-0.3, -0.25) is 8.37 Å². The van der Waals surface area contributed by atoms with Crippen molar-refractivity contribution in [2.75, 3.05) is 25.2 Å². The molecule has 0 aromatic carbocycles. The molecular formula is C10H24O6S2. The molecule has 0 atom stereocenters. The molecule has 0 aliphatic rings. The summed E-state index contributed by atoms with van der Waals surface area (Å²) in [5, 5.41) is 0. The normalized spacial score (nSPS) is 11.8. The molecule has 0 aliphatic carbocycles. The van der Waals surface area contributed by atoms with E-state index in [1.807, 2.05) is 20.8 Å². The minimum absolute atomic E-state index is 0.132. The van der Waals surface area contributed by atoms with Crippen LogP contribution in [0, 0.1) is 0 Å². The minimum Gasteiger partial charge on any atom is -0.270 e. The van der Waals surface area contributed by atoms with Crippen LogP contribution in [0.2, 0.25) is 0 Å². The zero-order chi connectivity index (χ0) is 14.7. The van der Waals surface area contributed by atoms with Crippen molar-refractivity contribution in [2.45, 2.75) is 40.0 Å². The Morgan fingerprint density at radius 2 is 1.22 bits per heavy atom. The second-order valence-corrected chi connectivity index (χ2v) is 7.01. The van der Waals surface area contributed by atoms with Crippen LogP contribution in [0.15, 0.2) is 0 Å². The van der Waals surface area contributed by atoms with Gasteiger partial charge in [0.25, 0.3) is 20.2 Å². The van der Waals surface area contributed by atoms with Gasteiger partial charge in [-0.2, -0.15) is 16.8 Å². The summed E-state index contributed by atoms with van der Waals surface area (Å²) in [6, 6.07) is 0. The lowest BCUT2D eigenvalue weighted by atomic mass is 10.5. The standard InChI is InChI=1S/C6H14O3S.C4H10O3S/c1-3-5-9-10(7,8)6-4-2;1-3-4-7-8(2,5)6/h3-6H2,1-2H3;3-4H2,1-2H3. The molecule has 0 aliphatic heterocycles. The Morgan fingerprint density at radius 1 is 0.778 bits per heavy atom. The quantitative estimate of drug-likeness (QED) is 0.632. The van der Waals surface area contributed by atoms with Crippen molar-refractivity contribution in [3.05, 3.63) is 0 Å².